The molecule has 1 heterocycles. The zero-order valence-corrected chi connectivity index (χ0v) is 8.08. The first-order valence-corrected chi connectivity index (χ1v) is 4.42. The van der Waals surface area contributed by atoms with Crippen molar-refractivity contribution < 1.29 is 4.79 Å². The van der Waals surface area contributed by atoms with Gasteiger partial charge in [0.15, 0.2) is 0 Å². The number of carbonyl (C=O) groups excluding carboxylic acids is 1. The quantitative estimate of drug-likeness (QED) is 0.555. The lowest BCUT2D eigenvalue weighted by Crippen LogP contribution is -2.20. The Morgan fingerprint density at radius 2 is 2.21 bits per heavy atom. The molecule has 1 aromatic heterocycles. The topological polar surface area (TPSA) is 42.0 Å². The van der Waals surface area contributed by atoms with Gasteiger partial charge < -0.3 is 5.32 Å². The molecule has 0 aliphatic carbocycles. The van der Waals surface area contributed by atoms with Gasteiger partial charge in [-0.2, -0.15) is 0 Å². The van der Waals surface area contributed by atoms with Crippen LogP contribution in [0.4, 0.5) is 0 Å². The largest absolute Gasteiger partial charge is 0.355 e. The lowest BCUT2D eigenvalue weighted by atomic mass is 10.2. The van der Waals surface area contributed by atoms with Gasteiger partial charge in [-0.05, 0) is 12.1 Å². The molecule has 14 heavy (non-hydrogen) atoms. The Morgan fingerprint density at radius 3 is 2.86 bits per heavy atom. The first-order valence-electron chi connectivity index (χ1n) is 4.42. The van der Waals surface area contributed by atoms with Gasteiger partial charge in [0, 0.05) is 37.8 Å². The standard InChI is InChI=1S/C11H12N2O/c1-10(14)13-7-3-2-4-11-5-8-12-9-6-11/h5-6,8-9H,3,7H2,1H3,(H,13,14). The van der Waals surface area contributed by atoms with Crippen LogP contribution in [-0.2, 0) is 4.79 Å². The molecule has 0 aromatic carbocycles. The van der Waals surface area contributed by atoms with Crippen molar-refractivity contribution in [1.29, 1.82) is 0 Å². The summed E-state index contributed by atoms with van der Waals surface area (Å²) in [5, 5.41) is 2.68. The SMILES string of the molecule is CC(=O)NCCC#Cc1ccncc1. The minimum absolute atomic E-state index is 0.0179. The molecule has 1 amide bonds. The first-order chi connectivity index (χ1) is 6.79. The highest BCUT2D eigenvalue weighted by atomic mass is 16.1. The smallest absolute Gasteiger partial charge is 0.216 e. The van der Waals surface area contributed by atoms with E-state index in [0.29, 0.717) is 13.0 Å². The third-order valence-corrected chi connectivity index (χ3v) is 1.54. The van der Waals surface area contributed by atoms with Crippen LogP contribution in [0.3, 0.4) is 0 Å². The number of carbonyl (C=O) groups is 1. The molecule has 1 rings (SSSR count). The second-order valence-electron chi connectivity index (χ2n) is 2.77. The summed E-state index contributed by atoms with van der Waals surface area (Å²) < 4.78 is 0. The van der Waals surface area contributed by atoms with Gasteiger partial charge >= 0.3 is 0 Å². The molecule has 0 radical (unpaired) electrons. The van der Waals surface area contributed by atoms with E-state index < -0.39 is 0 Å². The van der Waals surface area contributed by atoms with E-state index in [4.69, 9.17) is 0 Å². The number of nitrogens with one attached hydrogen (secondary N) is 1. The predicted octanol–water partition coefficient (Wildman–Crippen LogP) is 0.959. The zero-order chi connectivity index (χ0) is 10.2. The van der Waals surface area contributed by atoms with Crippen LogP contribution in [-0.4, -0.2) is 17.4 Å². The Labute approximate surface area is 83.6 Å². The number of hydrogen-bond acceptors (Lipinski definition) is 2. The molecule has 3 nitrogen and oxygen atoms in total. The van der Waals surface area contributed by atoms with Crippen molar-refractivity contribution in [2.24, 2.45) is 0 Å². The van der Waals surface area contributed by atoms with Gasteiger partial charge in [0.1, 0.15) is 0 Å². The van der Waals surface area contributed by atoms with Crippen LogP contribution in [0, 0.1) is 11.8 Å². The fourth-order valence-corrected chi connectivity index (χ4v) is 0.901. The van der Waals surface area contributed by atoms with Crippen LogP contribution in [0.25, 0.3) is 0 Å². The van der Waals surface area contributed by atoms with Crippen molar-refractivity contribution in [3.63, 3.8) is 0 Å². The molecular formula is C11H12N2O. The fourth-order valence-electron chi connectivity index (χ4n) is 0.901. The summed E-state index contributed by atoms with van der Waals surface area (Å²) >= 11 is 0. The van der Waals surface area contributed by atoms with Gasteiger partial charge in [0.05, 0.1) is 0 Å². The minimum Gasteiger partial charge on any atom is -0.355 e. The average molecular weight is 188 g/mol. The fraction of sp³-hybridized carbons (Fsp3) is 0.273. The summed E-state index contributed by atoms with van der Waals surface area (Å²) in [6.45, 7) is 2.10. The third-order valence-electron chi connectivity index (χ3n) is 1.54. The van der Waals surface area contributed by atoms with Crippen molar-refractivity contribution >= 4 is 5.91 Å². The third kappa shape index (κ3) is 4.27. The van der Waals surface area contributed by atoms with Crippen LogP contribution in [0.1, 0.15) is 18.9 Å². The van der Waals surface area contributed by atoms with Crippen molar-refractivity contribution in [2.45, 2.75) is 13.3 Å². The van der Waals surface area contributed by atoms with Crippen molar-refractivity contribution in [1.82, 2.24) is 10.3 Å². The summed E-state index contributed by atoms with van der Waals surface area (Å²) in [6.07, 6.45) is 4.08. The van der Waals surface area contributed by atoms with Gasteiger partial charge in [-0.15, -0.1) is 0 Å². The van der Waals surface area contributed by atoms with Crippen molar-refractivity contribution in [3.05, 3.63) is 30.1 Å². The monoisotopic (exact) mass is 188 g/mol. The molecule has 0 aliphatic heterocycles. The van der Waals surface area contributed by atoms with E-state index in [1.165, 1.54) is 6.92 Å². The molecule has 0 saturated carbocycles. The molecule has 1 N–H and O–H groups in total. The molecule has 0 bridgehead atoms. The molecule has 0 aliphatic rings. The van der Waals surface area contributed by atoms with E-state index in [-0.39, 0.29) is 5.91 Å². The lowest BCUT2D eigenvalue weighted by Gasteiger charge is -1.94. The van der Waals surface area contributed by atoms with E-state index in [2.05, 4.69) is 22.1 Å². The van der Waals surface area contributed by atoms with Crippen LogP contribution in [0.15, 0.2) is 24.5 Å². The highest BCUT2D eigenvalue weighted by Gasteiger charge is 1.86. The van der Waals surface area contributed by atoms with Gasteiger partial charge in [-0.25, -0.2) is 0 Å². The highest BCUT2D eigenvalue weighted by Crippen LogP contribution is 1.91. The summed E-state index contributed by atoms with van der Waals surface area (Å²) in [7, 11) is 0. The molecule has 0 fully saturated rings. The Balaban J connectivity index is 2.31. The Bertz CT molecular complexity index is 349. The summed E-state index contributed by atoms with van der Waals surface area (Å²) in [4.78, 5) is 14.4. The number of nitrogens with zero attached hydrogens (tertiary/aromatic N) is 1. The molecule has 0 atom stereocenters. The normalized spacial score (nSPS) is 8.64. The van der Waals surface area contributed by atoms with E-state index in [1.807, 2.05) is 12.1 Å². The van der Waals surface area contributed by atoms with Gasteiger partial charge in [0.25, 0.3) is 0 Å². The molecular weight excluding hydrogens is 176 g/mol. The average Bonchev–Trinajstić information content (AvgIpc) is 2.18. The second-order valence-corrected chi connectivity index (χ2v) is 2.77. The van der Waals surface area contributed by atoms with E-state index in [0.717, 1.165) is 5.56 Å². The molecule has 0 spiro atoms. The molecule has 0 unspecified atom stereocenters. The number of aromatic nitrogens is 1. The maximum Gasteiger partial charge on any atom is 0.216 e. The van der Waals surface area contributed by atoms with Crippen molar-refractivity contribution in [2.75, 3.05) is 6.54 Å². The molecule has 3 heteroatoms. The maximum atomic E-state index is 10.5. The minimum atomic E-state index is -0.0179. The molecule has 1 aromatic rings. The summed E-state index contributed by atoms with van der Waals surface area (Å²) in [5.74, 6) is 5.92. The lowest BCUT2D eigenvalue weighted by molar-refractivity contribution is -0.118. The summed E-state index contributed by atoms with van der Waals surface area (Å²) in [6, 6.07) is 3.71. The number of amides is 1. The summed E-state index contributed by atoms with van der Waals surface area (Å²) in [5.41, 5.74) is 0.947. The van der Waals surface area contributed by atoms with E-state index in [1.54, 1.807) is 12.4 Å². The van der Waals surface area contributed by atoms with Crippen LogP contribution < -0.4 is 5.32 Å². The predicted molar refractivity (Wildman–Crippen MR) is 54.4 cm³/mol. The zero-order valence-electron chi connectivity index (χ0n) is 8.08. The Morgan fingerprint density at radius 1 is 1.50 bits per heavy atom. The number of pyridine rings is 1. The van der Waals surface area contributed by atoms with E-state index in [9.17, 15) is 4.79 Å². The Hall–Kier alpha value is -1.82. The van der Waals surface area contributed by atoms with E-state index >= 15 is 0 Å². The molecule has 72 valence electrons. The molecule has 0 saturated heterocycles. The van der Waals surface area contributed by atoms with Crippen molar-refractivity contribution in [3.8, 4) is 11.8 Å². The van der Waals surface area contributed by atoms with Crippen LogP contribution in [0.2, 0.25) is 0 Å². The highest BCUT2D eigenvalue weighted by molar-refractivity contribution is 5.72. The number of hydrogen-bond donors (Lipinski definition) is 1. The number of rotatable bonds is 2. The second kappa shape index (κ2) is 5.76. The van der Waals surface area contributed by atoms with Crippen LogP contribution >= 0.6 is 0 Å². The van der Waals surface area contributed by atoms with Gasteiger partial charge in [-0.1, -0.05) is 11.8 Å². The van der Waals surface area contributed by atoms with Gasteiger partial charge in [0.2, 0.25) is 5.91 Å². The van der Waals surface area contributed by atoms with Crippen LogP contribution in [0.5, 0.6) is 0 Å². The Kier molecular flexibility index (Phi) is 4.22. The maximum absolute atomic E-state index is 10.5. The first kappa shape index (κ1) is 10.3. The van der Waals surface area contributed by atoms with Gasteiger partial charge in [-0.3, -0.25) is 9.78 Å².